The van der Waals surface area contributed by atoms with E-state index in [4.69, 9.17) is 5.11 Å². The number of aliphatic hydroxyl groups is 1. The van der Waals surface area contributed by atoms with Gasteiger partial charge in [-0.1, -0.05) is 18.6 Å². The molecule has 0 aliphatic rings. The number of thiophene rings is 1. The summed E-state index contributed by atoms with van der Waals surface area (Å²) in [4.78, 5) is 1.26. The third kappa shape index (κ3) is 15.5. The van der Waals surface area contributed by atoms with Crippen LogP contribution in [0.4, 0.5) is 0 Å². The molecule has 0 bridgehead atoms. The van der Waals surface area contributed by atoms with Gasteiger partial charge < -0.3 is 16.8 Å². The summed E-state index contributed by atoms with van der Waals surface area (Å²) in [5, 5.41) is 9.97. The first-order valence-electron chi connectivity index (χ1n) is 6.06. The molecular weight excluding hydrogens is 263 g/mol. The maximum absolute atomic E-state index is 7.90. The van der Waals surface area contributed by atoms with Crippen LogP contribution in [-0.4, -0.2) is 18.3 Å². The molecule has 0 radical (unpaired) electrons. The molecule has 0 saturated heterocycles. The molecule has 2 nitrogen and oxygen atoms in total. The quantitative estimate of drug-likeness (QED) is 0.461. The van der Waals surface area contributed by atoms with E-state index in [1.54, 1.807) is 11.3 Å². The Bertz CT molecular complexity index is 355. The molecule has 1 aromatic heterocycles. The minimum atomic E-state index is 0. The van der Waals surface area contributed by atoms with Crippen molar-refractivity contribution in [3.05, 3.63) is 66.8 Å². The molecule has 1 rings (SSSR count). The van der Waals surface area contributed by atoms with E-state index in [1.165, 1.54) is 4.88 Å². The molecule has 0 atom stereocenters. The van der Waals surface area contributed by atoms with E-state index in [2.05, 4.69) is 48.4 Å². The monoisotopic (exact) mass is 284 g/mol. The average molecular weight is 284 g/mol. The maximum Gasteiger partial charge on any atom is 1.00 e. The Labute approximate surface area is 139 Å². The van der Waals surface area contributed by atoms with Gasteiger partial charge in [0.15, 0.2) is 0 Å². The van der Waals surface area contributed by atoms with Crippen LogP contribution in [-0.2, 0) is 4.74 Å². The van der Waals surface area contributed by atoms with Gasteiger partial charge in [0.05, 0.1) is 6.61 Å². The summed E-state index contributed by atoms with van der Waals surface area (Å²) in [5.74, 6) is 0. The Morgan fingerprint density at radius 2 is 2.25 bits per heavy atom. The molecule has 0 saturated carbocycles. The minimum Gasteiger partial charge on any atom is -0.553 e. The number of ether oxygens (including phenoxy) is 1. The summed E-state index contributed by atoms with van der Waals surface area (Å²) in [6.07, 6.45) is 15.1. The fourth-order valence-corrected chi connectivity index (χ4v) is 1.59. The Kier molecular flexibility index (Phi) is 20.0. The predicted octanol–water partition coefficient (Wildman–Crippen LogP) is 1.08. The van der Waals surface area contributed by atoms with Crippen molar-refractivity contribution in [2.45, 2.75) is 12.8 Å². The molecule has 1 N–H and O–H groups in total. The van der Waals surface area contributed by atoms with Gasteiger partial charge >= 0.3 is 18.9 Å². The fraction of sp³-hybridized carbons (Fsp3) is 0.250. The number of aliphatic hydroxyl groups excluding tert-OH is 1. The van der Waals surface area contributed by atoms with Crippen LogP contribution in [0.15, 0.2) is 41.8 Å². The molecule has 0 fully saturated rings. The molecule has 106 valence electrons. The fourth-order valence-electron chi connectivity index (χ4n) is 0.974. The van der Waals surface area contributed by atoms with Gasteiger partial charge in [-0.15, -0.1) is 12.2 Å². The number of rotatable bonds is 7. The van der Waals surface area contributed by atoms with Gasteiger partial charge in [0.1, 0.15) is 0 Å². The summed E-state index contributed by atoms with van der Waals surface area (Å²) in [6.45, 7) is 4.15. The summed E-state index contributed by atoms with van der Waals surface area (Å²) >= 11 is 1.73. The molecule has 0 aromatic carbocycles. The van der Waals surface area contributed by atoms with E-state index in [9.17, 15) is 0 Å². The second-order valence-electron chi connectivity index (χ2n) is 3.38. The Morgan fingerprint density at radius 3 is 2.75 bits per heavy atom. The maximum atomic E-state index is 7.90. The van der Waals surface area contributed by atoms with Crippen LogP contribution in [0.5, 0.6) is 0 Å². The van der Waals surface area contributed by atoms with Gasteiger partial charge in [-0.25, -0.2) is 7.11 Å². The van der Waals surface area contributed by atoms with Crippen molar-refractivity contribution in [2.75, 3.05) is 13.2 Å². The molecular formula is C16H21LiO2S-2. The van der Waals surface area contributed by atoms with Crippen LogP contribution in [0.25, 0.3) is 6.08 Å². The first-order chi connectivity index (χ1) is 9.35. The van der Waals surface area contributed by atoms with E-state index in [-0.39, 0.29) is 25.5 Å². The Morgan fingerprint density at radius 1 is 1.45 bits per heavy atom. The normalized spacial score (nSPS) is 10.8. The Hall–Kier alpha value is -0.563. The van der Waals surface area contributed by atoms with E-state index in [0.29, 0.717) is 6.61 Å². The third-order valence-electron chi connectivity index (χ3n) is 1.82. The van der Waals surface area contributed by atoms with Crippen molar-refractivity contribution in [1.29, 1.82) is 0 Å². The number of unbranched alkanes of at least 4 members (excludes halogenated alkanes) is 1. The summed E-state index contributed by atoms with van der Waals surface area (Å²) < 4.78 is 4.19. The van der Waals surface area contributed by atoms with Crippen molar-refractivity contribution in [1.82, 2.24) is 0 Å². The van der Waals surface area contributed by atoms with Gasteiger partial charge in [0.25, 0.3) is 0 Å². The van der Waals surface area contributed by atoms with Crippen molar-refractivity contribution in [3.8, 4) is 0 Å². The molecule has 0 amide bonds. The van der Waals surface area contributed by atoms with Gasteiger partial charge in [-0.3, -0.25) is 0 Å². The molecule has 0 spiro atoms. The van der Waals surface area contributed by atoms with Gasteiger partial charge in [-0.2, -0.15) is 42.1 Å². The zero-order valence-corrected chi connectivity index (χ0v) is 12.9. The minimum absolute atomic E-state index is 0. The van der Waals surface area contributed by atoms with Crippen molar-refractivity contribution in [3.63, 3.8) is 0 Å². The first kappa shape index (κ1) is 21.7. The average Bonchev–Trinajstić information content (AvgIpc) is 2.93. The van der Waals surface area contributed by atoms with E-state index in [0.717, 1.165) is 12.8 Å². The van der Waals surface area contributed by atoms with Gasteiger partial charge in [-0.05, 0) is 10.3 Å². The zero-order valence-electron chi connectivity index (χ0n) is 12.1. The van der Waals surface area contributed by atoms with Crippen LogP contribution in [0.2, 0.25) is 0 Å². The van der Waals surface area contributed by atoms with E-state index >= 15 is 0 Å². The standard InChI is InChI=1S/C13H14S.C3H7O2.Li/c1-2-3-4-5-6-7-8-10-13-11-9-12-14-13;1-5-3-2-4;/h4-6,8-12H,1-3H2;4H,1-3H2;/q-2;-1;+1/b5-4+,10-8+;;. The smallest absolute Gasteiger partial charge is 0.553 e. The van der Waals surface area contributed by atoms with Crippen molar-refractivity contribution < 1.29 is 28.7 Å². The van der Waals surface area contributed by atoms with Gasteiger partial charge in [0, 0.05) is 6.61 Å². The van der Waals surface area contributed by atoms with Crippen LogP contribution in [0.3, 0.4) is 0 Å². The summed E-state index contributed by atoms with van der Waals surface area (Å²) in [7, 11) is 3.02. The number of hydrogen-bond acceptors (Lipinski definition) is 3. The molecule has 0 unspecified atom stereocenters. The number of allylic oxidation sites excluding steroid dienone is 5. The molecule has 20 heavy (non-hydrogen) atoms. The van der Waals surface area contributed by atoms with Gasteiger partial charge in [0.2, 0.25) is 0 Å². The largest absolute Gasteiger partial charge is 1.00 e. The van der Waals surface area contributed by atoms with Crippen molar-refractivity contribution in [2.24, 2.45) is 0 Å². The molecule has 1 aromatic rings. The van der Waals surface area contributed by atoms with E-state index in [1.807, 2.05) is 24.3 Å². The topological polar surface area (TPSA) is 29.5 Å². The number of hydrogen-bond donors (Lipinski definition) is 1. The molecule has 0 aliphatic carbocycles. The first-order valence-corrected chi connectivity index (χ1v) is 6.94. The second-order valence-corrected chi connectivity index (χ2v) is 4.36. The molecule has 1 heterocycles. The Balaban J connectivity index is 0. The van der Waals surface area contributed by atoms with Crippen LogP contribution < -0.4 is 18.9 Å². The molecule has 0 aliphatic heterocycles. The zero-order chi connectivity index (χ0) is 14.2. The molecule has 4 heteroatoms. The second kappa shape index (κ2) is 18.4. The predicted molar refractivity (Wildman–Crippen MR) is 83.3 cm³/mol. The SMILES string of the molecule is [CH2-]CC/C=C/C=[C-]/C=C/c1cccs1.[CH2-]OCCO.[Li+]. The third-order valence-corrected chi connectivity index (χ3v) is 2.66. The van der Waals surface area contributed by atoms with Crippen LogP contribution >= 0.6 is 11.3 Å². The summed E-state index contributed by atoms with van der Waals surface area (Å²) in [6, 6.07) is 4.13. The van der Waals surface area contributed by atoms with E-state index < -0.39 is 0 Å². The summed E-state index contributed by atoms with van der Waals surface area (Å²) in [5.41, 5.74) is 0. The van der Waals surface area contributed by atoms with Crippen LogP contribution in [0, 0.1) is 20.1 Å². The van der Waals surface area contributed by atoms with Crippen LogP contribution in [0.1, 0.15) is 17.7 Å². The van der Waals surface area contributed by atoms with Crippen molar-refractivity contribution >= 4 is 17.4 Å².